The van der Waals surface area contributed by atoms with E-state index in [0.717, 1.165) is 10.9 Å². The highest BCUT2D eigenvalue weighted by atomic mass is 16.6. The van der Waals surface area contributed by atoms with Gasteiger partial charge in [0.25, 0.3) is 11.7 Å². The molecule has 28 heavy (non-hydrogen) atoms. The third kappa shape index (κ3) is 3.37. The van der Waals surface area contributed by atoms with Crippen LogP contribution in [0.4, 0.5) is 4.79 Å². The zero-order valence-electron chi connectivity index (χ0n) is 16.2. The molecule has 2 amide bonds. The van der Waals surface area contributed by atoms with Crippen LogP contribution in [0.2, 0.25) is 0 Å². The lowest BCUT2D eigenvalue weighted by atomic mass is 9.91. The van der Waals surface area contributed by atoms with Crippen molar-refractivity contribution in [3.63, 3.8) is 0 Å². The number of Topliss-reactive ketones (excluding diaryl/α,β-unsaturated/α-hetero) is 1. The Balaban J connectivity index is 1.41. The Morgan fingerprint density at radius 1 is 1.18 bits per heavy atom. The van der Waals surface area contributed by atoms with Gasteiger partial charge in [-0.2, -0.15) is 0 Å². The normalized spacial score (nSPS) is 20.3. The number of aromatic nitrogens is 1. The highest BCUT2D eigenvalue weighted by molar-refractivity contribution is 6.44. The summed E-state index contributed by atoms with van der Waals surface area (Å²) >= 11 is 0. The summed E-state index contributed by atoms with van der Waals surface area (Å²) in [5.74, 6) is -0.973. The van der Waals surface area contributed by atoms with Gasteiger partial charge < -0.3 is 19.5 Å². The van der Waals surface area contributed by atoms with E-state index < -0.39 is 11.7 Å². The minimum absolute atomic E-state index is 0.0410. The molecule has 0 radical (unpaired) electrons. The second-order valence-electron chi connectivity index (χ2n) is 8.45. The number of carbonyl (C=O) groups excluding carboxylic acids is 3. The van der Waals surface area contributed by atoms with Gasteiger partial charge in [0.2, 0.25) is 0 Å². The summed E-state index contributed by atoms with van der Waals surface area (Å²) in [6.45, 7) is 6.15. The highest BCUT2D eigenvalue weighted by Crippen LogP contribution is 2.28. The number of para-hydroxylation sites is 1. The molecule has 1 aromatic heterocycles. The molecule has 148 valence electrons. The lowest BCUT2D eigenvalue weighted by Gasteiger charge is -2.44. The van der Waals surface area contributed by atoms with Crippen LogP contribution in [0.15, 0.2) is 30.5 Å². The number of amides is 2. The molecule has 2 aromatic rings. The monoisotopic (exact) mass is 383 g/mol. The lowest BCUT2D eigenvalue weighted by Crippen LogP contribution is -2.55. The molecule has 0 saturated carbocycles. The molecule has 7 heteroatoms. The smallest absolute Gasteiger partial charge is 0.410 e. The summed E-state index contributed by atoms with van der Waals surface area (Å²) in [7, 11) is 0. The molecular weight excluding hydrogens is 358 g/mol. The number of nitrogens with one attached hydrogen (secondary N) is 1. The second-order valence-corrected chi connectivity index (χ2v) is 8.45. The molecule has 0 unspecified atom stereocenters. The van der Waals surface area contributed by atoms with E-state index in [1.165, 1.54) is 0 Å². The van der Waals surface area contributed by atoms with Crippen molar-refractivity contribution in [2.75, 3.05) is 26.2 Å². The summed E-state index contributed by atoms with van der Waals surface area (Å²) in [4.78, 5) is 44.1. The first-order chi connectivity index (χ1) is 13.4. The molecule has 0 bridgehead atoms. The summed E-state index contributed by atoms with van der Waals surface area (Å²) in [6, 6.07) is 7.48. The van der Waals surface area contributed by atoms with E-state index in [-0.39, 0.29) is 17.6 Å². The number of cyclic esters (lactones) is 1. The van der Waals surface area contributed by atoms with Crippen molar-refractivity contribution in [1.82, 2.24) is 14.8 Å². The Morgan fingerprint density at radius 3 is 2.64 bits per heavy atom. The van der Waals surface area contributed by atoms with Crippen LogP contribution < -0.4 is 0 Å². The predicted octanol–water partition coefficient (Wildman–Crippen LogP) is 2.82. The number of hydrogen-bond donors (Lipinski definition) is 1. The molecule has 0 aliphatic carbocycles. The first-order valence-electron chi connectivity index (χ1n) is 9.69. The van der Waals surface area contributed by atoms with E-state index in [9.17, 15) is 14.4 Å². The van der Waals surface area contributed by atoms with E-state index >= 15 is 0 Å². The minimum atomic E-state index is -0.491. The van der Waals surface area contributed by atoms with Crippen LogP contribution in [0.1, 0.15) is 37.0 Å². The van der Waals surface area contributed by atoms with Crippen LogP contribution in [-0.2, 0) is 9.53 Å². The number of H-pyrrole nitrogens is 1. The third-order valence-corrected chi connectivity index (χ3v) is 5.64. The Hall–Kier alpha value is -2.83. The van der Waals surface area contributed by atoms with Crippen molar-refractivity contribution in [2.45, 2.75) is 32.7 Å². The Kier molecular flexibility index (Phi) is 4.61. The largest absolute Gasteiger partial charge is 0.449 e. The van der Waals surface area contributed by atoms with Crippen LogP contribution in [-0.4, -0.2) is 64.9 Å². The van der Waals surface area contributed by atoms with E-state index in [2.05, 4.69) is 18.8 Å². The molecule has 1 N–H and O–H groups in total. The number of piperidine rings is 1. The van der Waals surface area contributed by atoms with Crippen molar-refractivity contribution in [3.8, 4) is 0 Å². The zero-order chi connectivity index (χ0) is 19.9. The van der Waals surface area contributed by atoms with Gasteiger partial charge in [0.15, 0.2) is 0 Å². The summed E-state index contributed by atoms with van der Waals surface area (Å²) in [5, 5.41) is 0.758. The van der Waals surface area contributed by atoms with Gasteiger partial charge in [0.05, 0.1) is 12.2 Å². The number of likely N-dealkylation sites (tertiary alicyclic amines) is 1. The zero-order valence-corrected chi connectivity index (χ0v) is 16.2. The topological polar surface area (TPSA) is 82.7 Å². The molecule has 3 heterocycles. The number of benzene rings is 1. The fourth-order valence-corrected chi connectivity index (χ4v) is 4.09. The fraction of sp³-hybridized carbons (Fsp3) is 0.476. The maximum atomic E-state index is 12.7. The van der Waals surface area contributed by atoms with Crippen molar-refractivity contribution in [3.05, 3.63) is 36.0 Å². The number of ether oxygens (including phenoxy) is 1. The number of rotatable bonds is 3. The molecule has 2 fully saturated rings. The van der Waals surface area contributed by atoms with Gasteiger partial charge in [-0.05, 0) is 18.9 Å². The quantitative estimate of drug-likeness (QED) is 0.653. The van der Waals surface area contributed by atoms with Gasteiger partial charge in [0.1, 0.15) is 0 Å². The number of fused-ring (bicyclic) bond motifs is 1. The van der Waals surface area contributed by atoms with Crippen molar-refractivity contribution >= 4 is 28.7 Å². The maximum Gasteiger partial charge on any atom is 0.410 e. The molecule has 4 rings (SSSR count). The van der Waals surface area contributed by atoms with Crippen LogP contribution in [0.5, 0.6) is 0 Å². The SMILES string of the molecule is CC1(C)COC(=O)N(C2CCN(C(=O)C(=O)c3c[nH]c4ccccc34)CC2)C1. The molecular formula is C21H25N3O4. The van der Waals surface area contributed by atoms with E-state index in [4.69, 9.17) is 4.74 Å². The lowest BCUT2D eigenvalue weighted by molar-refractivity contribution is -0.128. The maximum absolute atomic E-state index is 12.7. The number of nitrogens with zero attached hydrogens (tertiary/aromatic N) is 2. The summed E-state index contributed by atoms with van der Waals surface area (Å²) < 4.78 is 5.31. The van der Waals surface area contributed by atoms with Crippen molar-refractivity contribution in [2.24, 2.45) is 5.41 Å². The predicted molar refractivity (Wildman–Crippen MR) is 104 cm³/mol. The average Bonchev–Trinajstić information content (AvgIpc) is 3.13. The Labute approximate surface area is 163 Å². The number of ketones is 1. The van der Waals surface area contributed by atoms with Crippen LogP contribution in [0.25, 0.3) is 10.9 Å². The number of hydrogen-bond acceptors (Lipinski definition) is 4. The van der Waals surface area contributed by atoms with E-state index in [0.29, 0.717) is 44.6 Å². The van der Waals surface area contributed by atoms with Crippen LogP contribution in [0, 0.1) is 5.41 Å². The van der Waals surface area contributed by atoms with Gasteiger partial charge in [-0.25, -0.2) is 4.79 Å². The molecule has 2 aliphatic rings. The van der Waals surface area contributed by atoms with Crippen molar-refractivity contribution in [1.29, 1.82) is 0 Å². The fourth-order valence-electron chi connectivity index (χ4n) is 4.09. The molecule has 1 aromatic carbocycles. The van der Waals surface area contributed by atoms with Gasteiger partial charge in [0, 0.05) is 48.2 Å². The highest BCUT2D eigenvalue weighted by Gasteiger charge is 2.39. The Bertz CT molecular complexity index is 925. The molecule has 0 spiro atoms. The van der Waals surface area contributed by atoms with E-state index in [1.807, 2.05) is 24.3 Å². The van der Waals surface area contributed by atoms with Gasteiger partial charge in [-0.1, -0.05) is 32.0 Å². The first-order valence-corrected chi connectivity index (χ1v) is 9.69. The number of carbonyl (C=O) groups is 3. The second kappa shape index (κ2) is 6.96. The molecule has 2 saturated heterocycles. The van der Waals surface area contributed by atoms with Crippen LogP contribution >= 0.6 is 0 Å². The van der Waals surface area contributed by atoms with Crippen molar-refractivity contribution < 1.29 is 19.1 Å². The van der Waals surface area contributed by atoms with Gasteiger partial charge >= 0.3 is 6.09 Å². The standard InChI is InChI=1S/C21H25N3O4/c1-21(2)12-24(20(27)28-13-21)14-7-9-23(10-8-14)19(26)18(25)16-11-22-17-6-4-3-5-15(16)17/h3-6,11,14,22H,7-10,12-13H2,1-2H3. The number of aromatic amines is 1. The van der Waals surface area contributed by atoms with Gasteiger partial charge in [-0.15, -0.1) is 0 Å². The Morgan fingerprint density at radius 2 is 1.89 bits per heavy atom. The summed E-state index contributed by atoms with van der Waals surface area (Å²) in [5.41, 5.74) is 1.17. The van der Waals surface area contributed by atoms with Crippen LogP contribution in [0.3, 0.4) is 0 Å². The molecule has 0 atom stereocenters. The molecule has 7 nitrogen and oxygen atoms in total. The first kappa shape index (κ1) is 18.5. The minimum Gasteiger partial charge on any atom is -0.449 e. The average molecular weight is 383 g/mol. The summed E-state index contributed by atoms with van der Waals surface area (Å²) in [6.07, 6.45) is 2.62. The van der Waals surface area contributed by atoms with Gasteiger partial charge in [-0.3, -0.25) is 9.59 Å². The van der Waals surface area contributed by atoms with E-state index in [1.54, 1.807) is 16.0 Å². The third-order valence-electron chi connectivity index (χ3n) is 5.64. The molecule has 2 aliphatic heterocycles.